The molecule has 1 amide bonds. The number of halogens is 1. The third-order valence-corrected chi connectivity index (χ3v) is 6.34. The van der Waals surface area contributed by atoms with Gasteiger partial charge in [0.15, 0.2) is 17.4 Å². The van der Waals surface area contributed by atoms with Gasteiger partial charge in [-0.2, -0.15) is 5.10 Å². The van der Waals surface area contributed by atoms with Gasteiger partial charge in [0, 0.05) is 41.1 Å². The molecule has 9 nitrogen and oxygen atoms in total. The summed E-state index contributed by atoms with van der Waals surface area (Å²) in [6.45, 7) is 7.27. The number of carboxylic acids is 1. The fraction of sp³-hybridized carbons (Fsp3) is 0.267. The predicted molar refractivity (Wildman–Crippen MR) is 146 cm³/mol. The molecule has 0 aliphatic carbocycles. The number of aliphatic carboxylic acids is 1. The monoisotopic (exact) mass is 544 g/mol. The highest BCUT2D eigenvalue weighted by Gasteiger charge is 2.33. The summed E-state index contributed by atoms with van der Waals surface area (Å²) >= 11 is 0. The van der Waals surface area contributed by atoms with Crippen LogP contribution >= 0.6 is 0 Å². The van der Waals surface area contributed by atoms with Crippen LogP contribution in [0.3, 0.4) is 0 Å². The van der Waals surface area contributed by atoms with Gasteiger partial charge in [-0.15, -0.1) is 0 Å². The first-order valence-electron chi connectivity index (χ1n) is 12.8. The summed E-state index contributed by atoms with van der Waals surface area (Å²) in [5.41, 5.74) is 2.89. The summed E-state index contributed by atoms with van der Waals surface area (Å²) < 4.78 is 27.3. The number of nitrogens with one attached hydrogen (secondary N) is 1. The second kappa shape index (κ2) is 10.5. The quantitative estimate of drug-likeness (QED) is 0.368. The summed E-state index contributed by atoms with van der Waals surface area (Å²) in [4.78, 5) is 30.4. The number of hydrogen-bond acceptors (Lipinski definition) is 6. The third kappa shape index (κ3) is 5.43. The maximum Gasteiger partial charge on any atom is 0.337 e. The zero-order valence-corrected chi connectivity index (χ0v) is 22.6. The van der Waals surface area contributed by atoms with Gasteiger partial charge in [0.1, 0.15) is 18.2 Å². The van der Waals surface area contributed by atoms with Crippen LogP contribution in [0.1, 0.15) is 59.7 Å². The molecule has 3 heterocycles. The number of nitrogens with zero attached hydrogens (tertiary/aromatic N) is 3. The normalized spacial score (nSPS) is 15.3. The molecular formula is C30H29FN4O5. The van der Waals surface area contributed by atoms with Gasteiger partial charge in [0.25, 0.3) is 5.91 Å². The number of aromatic nitrogens is 3. The lowest BCUT2D eigenvalue weighted by Crippen LogP contribution is -2.29. The molecule has 0 spiro atoms. The van der Waals surface area contributed by atoms with Crippen LogP contribution in [0.4, 0.5) is 4.39 Å². The Morgan fingerprint density at radius 2 is 1.98 bits per heavy atom. The van der Waals surface area contributed by atoms with E-state index in [1.165, 1.54) is 16.6 Å². The molecule has 4 aromatic rings. The van der Waals surface area contributed by atoms with E-state index in [4.69, 9.17) is 9.47 Å². The van der Waals surface area contributed by atoms with Crippen LogP contribution in [0.5, 0.6) is 5.75 Å². The van der Waals surface area contributed by atoms with Crippen LogP contribution in [0.25, 0.3) is 23.0 Å². The second-order valence-electron chi connectivity index (χ2n) is 10.4. The molecule has 1 aliphatic rings. The molecule has 1 atom stereocenters. The number of carboxylic acid groups (broad SMARTS) is 1. The highest BCUT2D eigenvalue weighted by Crippen LogP contribution is 2.37. The molecule has 2 bridgehead atoms. The van der Waals surface area contributed by atoms with Gasteiger partial charge >= 0.3 is 5.97 Å². The van der Waals surface area contributed by atoms with Crippen molar-refractivity contribution in [2.45, 2.75) is 45.9 Å². The molecule has 1 aliphatic heterocycles. The van der Waals surface area contributed by atoms with Gasteiger partial charge < -0.3 is 19.9 Å². The number of carbonyl (C=O) groups excluding carboxylic acids is 1. The lowest BCUT2D eigenvalue weighted by molar-refractivity contribution is -0.160. The van der Waals surface area contributed by atoms with Crippen molar-refractivity contribution in [2.24, 2.45) is 0 Å². The summed E-state index contributed by atoms with van der Waals surface area (Å²) in [5, 5.41) is 17.6. The van der Waals surface area contributed by atoms with Crippen LogP contribution < -0.4 is 10.1 Å². The van der Waals surface area contributed by atoms with Crippen molar-refractivity contribution in [3.63, 3.8) is 0 Å². The maximum absolute atomic E-state index is 14.0. The van der Waals surface area contributed by atoms with Gasteiger partial charge in [-0.3, -0.25) is 4.79 Å². The van der Waals surface area contributed by atoms with E-state index in [1.807, 2.05) is 30.3 Å². The minimum Gasteiger partial charge on any atom is -0.489 e. The Balaban J connectivity index is 1.77. The van der Waals surface area contributed by atoms with Crippen LogP contribution in [0.2, 0.25) is 0 Å². The highest BCUT2D eigenvalue weighted by atomic mass is 19.1. The lowest BCUT2D eigenvalue weighted by atomic mass is 9.95. The number of ether oxygens (including phenoxy) is 2. The van der Waals surface area contributed by atoms with Gasteiger partial charge in [-0.25, -0.2) is 18.7 Å². The smallest absolute Gasteiger partial charge is 0.337 e. The lowest BCUT2D eigenvalue weighted by Gasteiger charge is -2.27. The predicted octanol–water partition coefficient (Wildman–Crippen LogP) is 5.12. The Morgan fingerprint density at radius 3 is 2.73 bits per heavy atom. The SMILES string of the molecule is Cc1nc2cc3nn2c(c1[C@H](OC(C)(C)C)C(=O)O)-c1ccccc1/C=C\COc1cc(F)ccc1CNC3=O. The summed E-state index contributed by atoms with van der Waals surface area (Å²) in [7, 11) is 0. The largest absolute Gasteiger partial charge is 0.489 e. The first kappa shape index (κ1) is 27.0. The van der Waals surface area contributed by atoms with E-state index in [1.54, 1.807) is 45.9 Å². The molecule has 10 heteroatoms. The molecule has 0 radical (unpaired) electrons. The number of carbonyl (C=O) groups is 2. The number of amides is 1. The average Bonchev–Trinajstić information content (AvgIpc) is 3.31. The van der Waals surface area contributed by atoms with Crippen LogP contribution in [0.15, 0.2) is 54.6 Å². The Kier molecular flexibility index (Phi) is 7.12. The number of benzene rings is 2. The zero-order valence-electron chi connectivity index (χ0n) is 22.6. The fourth-order valence-electron chi connectivity index (χ4n) is 4.65. The van der Waals surface area contributed by atoms with E-state index in [2.05, 4.69) is 15.4 Å². The molecule has 40 heavy (non-hydrogen) atoms. The van der Waals surface area contributed by atoms with Crippen molar-refractivity contribution in [2.75, 3.05) is 6.61 Å². The topological polar surface area (TPSA) is 115 Å². The molecule has 0 fully saturated rings. The molecule has 0 saturated carbocycles. The Hall–Kier alpha value is -4.57. The summed E-state index contributed by atoms with van der Waals surface area (Å²) in [6, 6.07) is 13.1. The highest BCUT2D eigenvalue weighted by molar-refractivity contribution is 5.94. The molecule has 206 valence electrons. The molecule has 5 rings (SSSR count). The first-order chi connectivity index (χ1) is 19.0. The summed E-state index contributed by atoms with van der Waals surface area (Å²) in [6.07, 6.45) is 2.26. The molecule has 2 N–H and O–H groups in total. The van der Waals surface area contributed by atoms with Crippen LogP contribution in [-0.2, 0) is 16.1 Å². The van der Waals surface area contributed by atoms with Crippen LogP contribution in [-0.4, -0.2) is 43.8 Å². The van der Waals surface area contributed by atoms with Gasteiger partial charge in [-0.1, -0.05) is 36.4 Å². The van der Waals surface area contributed by atoms with Gasteiger partial charge in [0.05, 0.1) is 11.3 Å². The Morgan fingerprint density at radius 1 is 1.20 bits per heavy atom. The van der Waals surface area contributed by atoms with Crippen molar-refractivity contribution >= 4 is 23.6 Å². The minimum absolute atomic E-state index is 0.0807. The minimum atomic E-state index is -1.36. The van der Waals surface area contributed by atoms with Crippen LogP contribution in [0, 0.1) is 12.7 Å². The summed E-state index contributed by atoms with van der Waals surface area (Å²) in [5.74, 6) is -1.80. The number of hydrogen-bond donors (Lipinski definition) is 2. The van der Waals surface area contributed by atoms with Crippen molar-refractivity contribution in [1.29, 1.82) is 0 Å². The van der Waals surface area contributed by atoms with E-state index >= 15 is 0 Å². The van der Waals surface area contributed by atoms with E-state index in [9.17, 15) is 19.1 Å². The molecule has 0 unspecified atom stereocenters. The third-order valence-electron chi connectivity index (χ3n) is 6.34. The number of fused-ring (bicyclic) bond motifs is 4. The van der Waals surface area contributed by atoms with Gasteiger partial charge in [-0.05, 0) is 45.4 Å². The van der Waals surface area contributed by atoms with Crippen molar-refractivity contribution < 1.29 is 28.6 Å². The molecule has 2 aromatic heterocycles. The van der Waals surface area contributed by atoms with Crippen molar-refractivity contribution in [3.8, 4) is 17.0 Å². The van der Waals surface area contributed by atoms with E-state index < -0.39 is 29.4 Å². The molecule has 2 aromatic carbocycles. The molecule has 0 saturated heterocycles. The van der Waals surface area contributed by atoms with Crippen molar-refractivity contribution in [1.82, 2.24) is 19.9 Å². The number of rotatable bonds is 3. The van der Waals surface area contributed by atoms with E-state index in [0.717, 1.165) is 5.56 Å². The fourth-order valence-corrected chi connectivity index (χ4v) is 4.65. The van der Waals surface area contributed by atoms with Crippen molar-refractivity contribution in [3.05, 3.63) is 88.5 Å². The Bertz CT molecular complexity index is 1650. The maximum atomic E-state index is 14.0. The van der Waals surface area contributed by atoms with E-state index in [0.29, 0.717) is 39.5 Å². The standard InChI is InChI=1S/C30H29FN4O5/c1-17-25(27(29(37)38)40-30(2,3)4)26-21-10-6-5-8-18(21)9-7-13-39-23-14-20(31)12-11-19(23)16-32-28(36)22-15-24(33-17)35(26)34-22/h5-12,14-15,27H,13,16H2,1-4H3,(H,32,36)(H,37,38)/b9-7-/t27-/m0/s1. The second-order valence-corrected chi connectivity index (χ2v) is 10.4. The average molecular weight is 545 g/mol. The zero-order chi connectivity index (χ0) is 28.6. The first-order valence-corrected chi connectivity index (χ1v) is 12.8. The van der Waals surface area contributed by atoms with Gasteiger partial charge in [0.2, 0.25) is 0 Å². The Labute approximate surface area is 230 Å². The number of aryl methyl sites for hydroxylation is 1. The molecular weight excluding hydrogens is 515 g/mol. The van der Waals surface area contributed by atoms with E-state index in [-0.39, 0.29) is 18.8 Å².